The zero-order valence-corrected chi connectivity index (χ0v) is 17.0. The lowest BCUT2D eigenvalue weighted by molar-refractivity contribution is -0.146. The van der Waals surface area contributed by atoms with E-state index in [2.05, 4.69) is 6.58 Å². The third-order valence-corrected chi connectivity index (χ3v) is 7.81. The molecule has 0 aromatic heterocycles. The van der Waals surface area contributed by atoms with Gasteiger partial charge in [0.05, 0.1) is 19.1 Å². The molecule has 7 atom stereocenters. The maximum absolute atomic E-state index is 12.7. The second-order valence-corrected chi connectivity index (χ2v) is 9.24. The van der Waals surface area contributed by atoms with Crippen LogP contribution in [0, 0.1) is 29.6 Å². The van der Waals surface area contributed by atoms with E-state index in [0.29, 0.717) is 18.6 Å². The highest BCUT2D eigenvalue weighted by Gasteiger charge is 2.58. The summed E-state index contributed by atoms with van der Waals surface area (Å²) in [5.41, 5.74) is 0.919. The molecule has 0 bridgehead atoms. The topological polar surface area (TPSA) is 72.8 Å². The lowest BCUT2D eigenvalue weighted by atomic mass is 9.77. The summed E-state index contributed by atoms with van der Waals surface area (Å²) in [6.07, 6.45) is -0.195. The Labute approximate surface area is 169 Å². The molecule has 1 aromatic rings. The van der Waals surface area contributed by atoms with E-state index in [1.54, 1.807) is 18.9 Å². The second kappa shape index (κ2) is 7.56. The van der Waals surface area contributed by atoms with E-state index in [1.807, 2.05) is 31.2 Å². The predicted molar refractivity (Wildman–Crippen MR) is 106 cm³/mol. The first-order chi connectivity index (χ1) is 13.4. The van der Waals surface area contributed by atoms with Crippen molar-refractivity contribution in [1.82, 2.24) is 0 Å². The van der Waals surface area contributed by atoms with Gasteiger partial charge in [-0.1, -0.05) is 19.1 Å². The van der Waals surface area contributed by atoms with Crippen LogP contribution in [0.4, 0.5) is 0 Å². The van der Waals surface area contributed by atoms with Crippen molar-refractivity contribution in [2.45, 2.75) is 36.9 Å². The third-order valence-electron chi connectivity index (χ3n) is 6.68. The molecule has 1 aliphatic heterocycles. The Morgan fingerprint density at radius 2 is 1.93 bits per heavy atom. The predicted octanol–water partition coefficient (Wildman–Crippen LogP) is 3.11. The molecule has 28 heavy (non-hydrogen) atoms. The first-order valence-electron chi connectivity index (χ1n) is 9.76. The third kappa shape index (κ3) is 3.26. The Kier molecular flexibility index (Phi) is 5.27. The highest BCUT2D eigenvalue weighted by atomic mass is 32.2. The number of benzene rings is 1. The number of carbonyl (C=O) groups excluding carboxylic acids is 2. The summed E-state index contributed by atoms with van der Waals surface area (Å²) in [5.74, 6) is 0.366. The number of aliphatic hydroxyl groups excluding tert-OH is 1. The Morgan fingerprint density at radius 1 is 1.21 bits per heavy atom. The normalized spacial score (nSPS) is 37.2. The molecule has 0 spiro atoms. The number of methoxy groups -OCH3 is 1. The minimum absolute atomic E-state index is 0.00735. The van der Waals surface area contributed by atoms with Crippen molar-refractivity contribution in [3.05, 3.63) is 36.4 Å². The summed E-state index contributed by atoms with van der Waals surface area (Å²) < 4.78 is 11.0. The summed E-state index contributed by atoms with van der Waals surface area (Å²) in [4.78, 5) is 26.1. The van der Waals surface area contributed by atoms with E-state index in [9.17, 15) is 14.7 Å². The fourth-order valence-corrected chi connectivity index (χ4v) is 6.19. The van der Waals surface area contributed by atoms with E-state index in [-0.39, 0.29) is 41.3 Å². The molecular weight excluding hydrogens is 376 g/mol. The number of ether oxygens (including phenoxy) is 2. The first-order valence-corrected chi connectivity index (χ1v) is 10.7. The maximum Gasteiger partial charge on any atom is 0.310 e. The number of hydrogen-bond donors (Lipinski definition) is 1. The number of esters is 1. The SMILES string of the molecule is C=C1C[C@H](O)[C@@H]2[C@@H](OC(=O)[C@H]2CSc2ccc(OC)cc2)[C@H]2[C@H](C)C(=O)C[C@@H]12. The molecule has 0 amide bonds. The summed E-state index contributed by atoms with van der Waals surface area (Å²) in [6.45, 7) is 6.07. The van der Waals surface area contributed by atoms with Crippen LogP contribution in [0.15, 0.2) is 41.3 Å². The number of ketones is 1. The van der Waals surface area contributed by atoms with E-state index in [1.165, 1.54) is 0 Å². The van der Waals surface area contributed by atoms with Gasteiger partial charge in [-0.05, 0) is 36.6 Å². The molecule has 2 saturated carbocycles. The van der Waals surface area contributed by atoms with E-state index < -0.39 is 12.2 Å². The number of fused-ring (bicyclic) bond motifs is 3. The molecule has 0 unspecified atom stereocenters. The van der Waals surface area contributed by atoms with Crippen LogP contribution in [0.25, 0.3) is 0 Å². The Morgan fingerprint density at radius 3 is 2.61 bits per heavy atom. The molecule has 3 aliphatic rings. The smallest absolute Gasteiger partial charge is 0.310 e. The molecule has 1 saturated heterocycles. The first kappa shape index (κ1) is 19.5. The highest BCUT2D eigenvalue weighted by molar-refractivity contribution is 7.99. The van der Waals surface area contributed by atoms with Gasteiger partial charge in [0.25, 0.3) is 0 Å². The molecule has 150 valence electrons. The summed E-state index contributed by atoms with van der Waals surface area (Å²) >= 11 is 1.58. The highest BCUT2D eigenvalue weighted by Crippen LogP contribution is 2.52. The van der Waals surface area contributed by atoms with Crippen molar-refractivity contribution < 1.29 is 24.2 Å². The molecule has 6 heteroatoms. The summed E-state index contributed by atoms with van der Waals surface area (Å²) in [5, 5.41) is 10.9. The summed E-state index contributed by atoms with van der Waals surface area (Å²) in [6, 6.07) is 7.69. The van der Waals surface area contributed by atoms with Crippen LogP contribution in [0.5, 0.6) is 5.75 Å². The van der Waals surface area contributed by atoms with Crippen molar-refractivity contribution >= 4 is 23.5 Å². The van der Waals surface area contributed by atoms with Gasteiger partial charge < -0.3 is 14.6 Å². The molecule has 1 heterocycles. The number of thioether (sulfide) groups is 1. The van der Waals surface area contributed by atoms with Crippen molar-refractivity contribution in [3.63, 3.8) is 0 Å². The van der Waals surface area contributed by atoms with Crippen LogP contribution in [0.2, 0.25) is 0 Å². The van der Waals surface area contributed by atoms with Gasteiger partial charge in [0, 0.05) is 34.8 Å². The molecule has 3 fully saturated rings. The summed E-state index contributed by atoms with van der Waals surface area (Å²) in [7, 11) is 1.63. The zero-order valence-electron chi connectivity index (χ0n) is 16.2. The zero-order chi connectivity index (χ0) is 20.0. The van der Waals surface area contributed by atoms with Gasteiger partial charge >= 0.3 is 5.97 Å². The number of hydrogen-bond acceptors (Lipinski definition) is 6. The lowest BCUT2D eigenvalue weighted by Crippen LogP contribution is -2.38. The average molecular weight is 403 g/mol. The molecule has 5 nitrogen and oxygen atoms in total. The van der Waals surface area contributed by atoms with Crippen molar-refractivity contribution in [3.8, 4) is 5.75 Å². The Hall–Kier alpha value is -1.79. The van der Waals surface area contributed by atoms with Gasteiger partial charge in [0.1, 0.15) is 17.6 Å². The maximum atomic E-state index is 12.7. The molecule has 2 aliphatic carbocycles. The standard InChI is InChI=1S/C22H26O5S/c1-11-8-18(24)20-16(10-28-14-6-4-13(26-3)5-7-14)22(25)27-21(20)19-12(2)17(23)9-15(11)19/h4-7,12,15-16,18-21,24H,1,8-10H2,2-3H3/t12-,15+,16+,18+,19+,20-,21+/m1/s1. The Balaban J connectivity index is 1.55. The van der Waals surface area contributed by atoms with Gasteiger partial charge in [-0.2, -0.15) is 0 Å². The van der Waals surface area contributed by atoms with Gasteiger partial charge in [-0.15, -0.1) is 11.8 Å². The second-order valence-electron chi connectivity index (χ2n) is 8.14. The van der Waals surface area contributed by atoms with E-state index in [0.717, 1.165) is 16.2 Å². The number of aliphatic hydroxyl groups is 1. The monoisotopic (exact) mass is 402 g/mol. The fourth-order valence-electron chi connectivity index (χ4n) is 5.13. The van der Waals surface area contributed by atoms with Gasteiger partial charge in [0.2, 0.25) is 0 Å². The fraction of sp³-hybridized carbons (Fsp3) is 0.545. The van der Waals surface area contributed by atoms with Crippen molar-refractivity contribution in [2.75, 3.05) is 12.9 Å². The molecular formula is C22H26O5S. The van der Waals surface area contributed by atoms with Crippen LogP contribution >= 0.6 is 11.8 Å². The van der Waals surface area contributed by atoms with Crippen LogP contribution in [-0.4, -0.2) is 41.9 Å². The van der Waals surface area contributed by atoms with Crippen LogP contribution in [-0.2, 0) is 14.3 Å². The van der Waals surface area contributed by atoms with E-state index >= 15 is 0 Å². The number of rotatable bonds is 4. The van der Waals surface area contributed by atoms with Crippen molar-refractivity contribution in [2.24, 2.45) is 29.6 Å². The minimum atomic E-state index is -0.668. The van der Waals surface area contributed by atoms with Crippen molar-refractivity contribution in [1.29, 1.82) is 0 Å². The number of Topliss-reactive ketones (excluding diaryl/α,β-unsaturated/α-hetero) is 1. The molecule has 1 N–H and O–H groups in total. The molecule has 1 aromatic carbocycles. The number of carbonyl (C=O) groups is 2. The minimum Gasteiger partial charge on any atom is -0.497 e. The van der Waals surface area contributed by atoms with E-state index in [4.69, 9.17) is 9.47 Å². The largest absolute Gasteiger partial charge is 0.497 e. The van der Waals surface area contributed by atoms with Gasteiger partial charge in [-0.3, -0.25) is 9.59 Å². The molecule has 0 radical (unpaired) electrons. The molecule has 4 rings (SSSR count). The van der Waals surface area contributed by atoms with Gasteiger partial charge in [-0.25, -0.2) is 0 Å². The average Bonchev–Trinajstić information content (AvgIpc) is 3.13. The lowest BCUT2D eigenvalue weighted by Gasteiger charge is -2.29. The van der Waals surface area contributed by atoms with Crippen LogP contribution in [0.1, 0.15) is 19.8 Å². The van der Waals surface area contributed by atoms with Gasteiger partial charge in [0.15, 0.2) is 0 Å². The quantitative estimate of drug-likeness (QED) is 0.474. The van der Waals surface area contributed by atoms with Crippen LogP contribution < -0.4 is 4.74 Å². The van der Waals surface area contributed by atoms with Crippen LogP contribution in [0.3, 0.4) is 0 Å². The Bertz CT molecular complexity index is 789.